The Kier molecular flexibility index (Phi) is 20.5. The van der Waals surface area contributed by atoms with Crippen LogP contribution in [-0.4, -0.2) is 133 Å². The van der Waals surface area contributed by atoms with Crippen molar-refractivity contribution in [2.75, 3.05) is 46.7 Å². The smallest absolute Gasteiger partial charge is 0.412 e. The maximum absolute atomic E-state index is 14.2. The quantitative estimate of drug-likeness (QED) is 0.114. The minimum atomic E-state index is -0.894. The number of benzene rings is 2. The number of hydrogen-bond acceptors (Lipinski definition) is 10. The number of carbonyl (C=O) groups is 5. The van der Waals surface area contributed by atoms with Crippen molar-refractivity contribution in [1.29, 1.82) is 0 Å². The van der Waals surface area contributed by atoms with Gasteiger partial charge in [-0.05, 0) is 82.7 Å². The molecule has 0 bridgehead atoms. The van der Waals surface area contributed by atoms with E-state index in [0.717, 1.165) is 12.0 Å². The molecule has 9 atom stereocenters. The normalized spacial score (nSPS) is 18.1. The highest BCUT2D eigenvalue weighted by atomic mass is 16.6. The van der Waals surface area contributed by atoms with Gasteiger partial charge in [-0.3, -0.25) is 29.4 Å². The van der Waals surface area contributed by atoms with E-state index in [9.17, 15) is 29.1 Å². The zero-order valence-corrected chi connectivity index (χ0v) is 40.0. The highest BCUT2D eigenvalue weighted by molar-refractivity contribution is 5.88. The van der Waals surface area contributed by atoms with Gasteiger partial charge in [0.15, 0.2) is 0 Å². The first-order valence-corrected chi connectivity index (χ1v) is 22.3. The maximum atomic E-state index is 14.2. The van der Waals surface area contributed by atoms with Crippen molar-refractivity contribution in [3.63, 3.8) is 0 Å². The minimum absolute atomic E-state index is 0.00197. The lowest BCUT2D eigenvalue weighted by Gasteiger charge is -2.39. The summed E-state index contributed by atoms with van der Waals surface area (Å²) in [5.74, 6) is -1.84. The molecule has 4 N–H and O–H groups in total. The summed E-state index contributed by atoms with van der Waals surface area (Å²) in [6.45, 7) is 17.5. The molecule has 0 saturated carbocycles. The van der Waals surface area contributed by atoms with Crippen LogP contribution in [0.3, 0.4) is 0 Å². The fourth-order valence-corrected chi connectivity index (χ4v) is 8.66. The first-order chi connectivity index (χ1) is 29.6. The standard InChI is InChI=1S/C48H76N6O9/c1-14-31(4)42(53(11)40(56)28-49-46(59)41(30(2)3)52(10)29-34-20-18-23-36(26-34)51-47(60)63-48(7,8)9)38(61-12)27-39(55)54-25-19-24-37(54)44(62-13)32(5)45(58)50-33(6)43(57)35-21-16-15-17-22-35/h15-18,20-23,26,30-33,37-38,41-44,57H,14,19,24-25,27-29H2,1-13H3,(H,49,59)(H,50,58)(H,51,60). The highest BCUT2D eigenvalue weighted by Gasteiger charge is 2.42. The van der Waals surface area contributed by atoms with Crippen LogP contribution in [0.1, 0.15) is 105 Å². The fourth-order valence-electron chi connectivity index (χ4n) is 8.66. The summed E-state index contributed by atoms with van der Waals surface area (Å²) >= 11 is 0. The summed E-state index contributed by atoms with van der Waals surface area (Å²) in [6, 6.07) is 14.5. The molecule has 63 heavy (non-hydrogen) atoms. The number of ether oxygens (including phenoxy) is 3. The molecule has 15 heteroatoms. The predicted molar refractivity (Wildman–Crippen MR) is 245 cm³/mol. The number of aliphatic hydroxyl groups is 1. The molecule has 0 radical (unpaired) electrons. The molecular weight excluding hydrogens is 805 g/mol. The second-order valence-corrected chi connectivity index (χ2v) is 18.4. The average molecular weight is 881 g/mol. The van der Waals surface area contributed by atoms with Crippen molar-refractivity contribution in [2.24, 2.45) is 17.8 Å². The number of methoxy groups -OCH3 is 2. The molecular formula is C48H76N6O9. The molecule has 1 aliphatic heterocycles. The number of likely N-dealkylation sites (tertiary alicyclic amines) is 1. The zero-order valence-electron chi connectivity index (χ0n) is 40.0. The van der Waals surface area contributed by atoms with Crippen LogP contribution < -0.4 is 16.0 Å². The first-order valence-electron chi connectivity index (χ1n) is 22.3. The summed E-state index contributed by atoms with van der Waals surface area (Å²) in [6.07, 6.45) is -0.612. The van der Waals surface area contributed by atoms with E-state index >= 15 is 0 Å². The van der Waals surface area contributed by atoms with Gasteiger partial charge in [0.1, 0.15) is 5.60 Å². The number of hydrogen-bond donors (Lipinski definition) is 4. The van der Waals surface area contributed by atoms with Crippen LogP contribution in [0.4, 0.5) is 10.5 Å². The third-order valence-electron chi connectivity index (χ3n) is 12.1. The first kappa shape index (κ1) is 52.8. The molecule has 1 aliphatic rings. The van der Waals surface area contributed by atoms with E-state index in [1.807, 2.05) is 88.2 Å². The molecule has 15 nitrogen and oxygen atoms in total. The number of nitrogens with one attached hydrogen (secondary N) is 3. The van der Waals surface area contributed by atoms with Gasteiger partial charge in [-0.2, -0.15) is 0 Å². The predicted octanol–water partition coefficient (Wildman–Crippen LogP) is 5.76. The van der Waals surface area contributed by atoms with Gasteiger partial charge in [0, 0.05) is 40.0 Å². The van der Waals surface area contributed by atoms with Gasteiger partial charge in [0.25, 0.3) is 0 Å². The van der Waals surface area contributed by atoms with Gasteiger partial charge in [-0.1, -0.05) is 83.5 Å². The van der Waals surface area contributed by atoms with E-state index in [0.29, 0.717) is 37.2 Å². The van der Waals surface area contributed by atoms with E-state index in [1.54, 1.807) is 64.6 Å². The number of rotatable bonds is 22. The van der Waals surface area contributed by atoms with Crippen molar-refractivity contribution >= 4 is 35.4 Å². The Balaban J connectivity index is 1.67. The van der Waals surface area contributed by atoms with Crippen LogP contribution in [0.2, 0.25) is 0 Å². The fraction of sp³-hybridized carbons (Fsp3) is 0.646. The van der Waals surface area contributed by atoms with E-state index < -0.39 is 54.0 Å². The number of anilines is 1. The van der Waals surface area contributed by atoms with Crippen molar-refractivity contribution in [3.8, 4) is 0 Å². The van der Waals surface area contributed by atoms with Crippen LogP contribution in [0.15, 0.2) is 54.6 Å². The Morgan fingerprint density at radius 3 is 2.17 bits per heavy atom. The van der Waals surface area contributed by atoms with Gasteiger partial charge in [-0.15, -0.1) is 0 Å². The van der Waals surface area contributed by atoms with E-state index in [-0.39, 0.29) is 54.5 Å². The second kappa shape index (κ2) is 24.5. The molecule has 1 saturated heterocycles. The monoisotopic (exact) mass is 881 g/mol. The molecule has 2 aromatic rings. The van der Waals surface area contributed by atoms with Crippen molar-refractivity contribution < 1.29 is 43.3 Å². The molecule has 9 unspecified atom stereocenters. The van der Waals surface area contributed by atoms with Crippen LogP contribution in [-0.2, 0) is 39.9 Å². The van der Waals surface area contributed by atoms with Crippen LogP contribution in [0.25, 0.3) is 0 Å². The van der Waals surface area contributed by atoms with Gasteiger partial charge < -0.3 is 39.8 Å². The third-order valence-corrected chi connectivity index (χ3v) is 12.1. The molecule has 0 aliphatic carbocycles. The Labute approximate surface area is 375 Å². The molecule has 352 valence electrons. The molecule has 2 aromatic carbocycles. The number of carbonyl (C=O) groups excluding carboxylic acids is 5. The van der Waals surface area contributed by atoms with Gasteiger partial charge in [0.05, 0.1) is 61.4 Å². The summed E-state index contributed by atoms with van der Waals surface area (Å²) in [7, 11) is 6.61. The summed E-state index contributed by atoms with van der Waals surface area (Å²) in [5.41, 5.74) is 1.51. The summed E-state index contributed by atoms with van der Waals surface area (Å²) in [5, 5.41) is 19.4. The van der Waals surface area contributed by atoms with Crippen LogP contribution in [0, 0.1) is 17.8 Å². The van der Waals surface area contributed by atoms with Gasteiger partial charge in [-0.25, -0.2) is 4.79 Å². The lowest BCUT2D eigenvalue weighted by atomic mass is 9.90. The summed E-state index contributed by atoms with van der Waals surface area (Å²) in [4.78, 5) is 73.0. The molecule has 5 amide bonds. The molecule has 0 aromatic heterocycles. The van der Waals surface area contributed by atoms with Crippen molar-refractivity contribution in [1.82, 2.24) is 25.3 Å². The lowest BCUT2D eigenvalue weighted by molar-refractivity contribution is -0.146. The number of likely N-dealkylation sites (N-methyl/N-ethyl adjacent to an activating group) is 2. The zero-order chi connectivity index (χ0) is 47.2. The Hall–Kier alpha value is -4.57. The van der Waals surface area contributed by atoms with Crippen LogP contribution >= 0.6 is 0 Å². The molecule has 3 rings (SSSR count). The van der Waals surface area contributed by atoms with Gasteiger partial charge in [0.2, 0.25) is 23.6 Å². The Bertz CT molecular complexity index is 1790. The number of amides is 5. The number of aliphatic hydroxyl groups excluding tert-OH is 1. The minimum Gasteiger partial charge on any atom is -0.444 e. The average Bonchev–Trinajstić information content (AvgIpc) is 3.71. The molecule has 0 spiro atoms. The largest absolute Gasteiger partial charge is 0.444 e. The topological polar surface area (TPSA) is 179 Å². The molecule has 1 fully saturated rings. The van der Waals surface area contributed by atoms with E-state index in [4.69, 9.17) is 14.2 Å². The van der Waals surface area contributed by atoms with Crippen molar-refractivity contribution in [2.45, 2.75) is 143 Å². The molecule has 1 heterocycles. The van der Waals surface area contributed by atoms with E-state index in [1.165, 1.54) is 7.11 Å². The third kappa shape index (κ3) is 15.3. The lowest BCUT2D eigenvalue weighted by Crippen LogP contribution is -2.55. The maximum Gasteiger partial charge on any atom is 0.412 e. The number of nitrogens with zero attached hydrogens (tertiary/aromatic N) is 3. The van der Waals surface area contributed by atoms with E-state index in [2.05, 4.69) is 16.0 Å². The van der Waals surface area contributed by atoms with Crippen molar-refractivity contribution in [3.05, 3.63) is 65.7 Å². The van der Waals surface area contributed by atoms with Gasteiger partial charge >= 0.3 is 6.09 Å². The summed E-state index contributed by atoms with van der Waals surface area (Å²) < 4.78 is 17.3. The SMILES string of the molecule is CCC(C)C(C(CC(=O)N1CCCC1C(OC)C(C)C(=O)NC(C)C(O)c1ccccc1)OC)N(C)C(=O)CNC(=O)C(C(C)C)N(C)Cc1cccc(NC(=O)OC(C)(C)C)c1. The Morgan fingerprint density at radius 2 is 1.59 bits per heavy atom. The highest BCUT2D eigenvalue weighted by Crippen LogP contribution is 2.30. The Morgan fingerprint density at radius 1 is 0.921 bits per heavy atom. The second-order valence-electron chi connectivity index (χ2n) is 18.4. The van der Waals surface area contributed by atoms with Crippen LogP contribution in [0.5, 0.6) is 0 Å².